The molecule has 2 aromatic carbocycles. The van der Waals surface area contributed by atoms with Crippen LogP contribution in [0, 0.1) is 0 Å². The van der Waals surface area contributed by atoms with Crippen molar-refractivity contribution in [3.8, 4) is 17.0 Å². The largest absolute Gasteiger partial charge is 0.573 e. The van der Waals surface area contributed by atoms with Crippen LogP contribution in [0.2, 0.25) is 0 Å². The van der Waals surface area contributed by atoms with Crippen LogP contribution in [0.5, 0.6) is 5.75 Å². The van der Waals surface area contributed by atoms with Crippen molar-refractivity contribution in [2.24, 2.45) is 0 Å². The third-order valence-electron chi connectivity index (χ3n) is 9.17. The Morgan fingerprint density at radius 3 is 2.32 bits per heavy atom. The van der Waals surface area contributed by atoms with Crippen molar-refractivity contribution in [3.05, 3.63) is 65.4 Å². The molecule has 3 aromatic rings. The van der Waals surface area contributed by atoms with Gasteiger partial charge in [0.25, 0.3) is 0 Å². The predicted octanol–water partition coefficient (Wildman–Crippen LogP) is 6.95. The summed E-state index contributed by atoms with van der Waals surface area (Å²) in [5.41, 5.74) is 2.54. The molecule has 3 heterocycles. The molecule has 1 aromatic heterocycles. The van der Waals surface area contributed by atoms with Crippen LogP contribution in [-0.2, 0) is 21.6 Å². The van der Waals surface area contributed by atoms with E-state index in [0.29, 0.717) is 41.9 Å². The van der Waals surface area contributed by atoms with E-state index in [1.165, 1.54) is 12.1 Å². The number of aromatic nitrogens is 1. The van der Waals surface area contributed by atoms with Crippen LogP contribution < -0.4 is 9.64 Å². The van der Waals surface area contributed by atoms with Crippen LogP contribution >= 0.6 is 0 Å². The molecule has 4 fully saturated rings. The first kappa shape index (κ1) is 26.4. The summed E-state index contributed by atoms with van der Waals surface area (Å²) in [6.45, 7) is 0.209. The summed E-state index contributed by atoms with van der Waals surface area (Å²) in [7, 11) is 0. The molecule has 2 saturated heterocycles. The molecule has 2 aliphatic carbocycles. The minimum absolute atomic E-state index is 0.00115. The number of benzene rings is 2. The molecule has 4 aliphatic rings. The number of aliphatic carboxylic acids is 1. The number of hydrogen-bond donors (Lipinski definition) is 1. The Labute approximate surface area is 235 Å². The van der Waals surface area contributed by atoms with Gasteiger partial charge in [-0.05, 0) is 81.2 Å². The van der Waals surface area contributed by atoms with E-state index < -0.39 is 17.7 Å². The molecule has 2 saturated carbocycles. The minimum Gasteiger partial charge on any atom is -0.481 e. The lowest BCUT2D eigenvalue weighted by atomic mass is 9.94. The summed E-state index contributed by atoms with van der Waals surface area (Å²) in [5.74, 6) is -0.162. The normalized spacial score (nSPS) is 24.9. The van der Waals surface area contributed by atoms with E-state index in [-0.39, 0.29) is 29.9 Å². The summed E-state index contributed by atoms with van der Waals surface area (Å²) in [6.07, 6.45) is 2.25. The van der Waals surface area contributed by atoms with Gasteiger partial charge in [0, 0.05) is 34.8 Å². The molecule has 41 heavy (non-hydrogen) atoms. The van der Waals surface area contributed by atoms with Gasteiger partial charge >= 0.3 is 12.3 Å². The Morgan fingerprint density at radius 2 is 1.71 bits per heavy atom. The lowest BCUT2D eigenvalue weighted by molar-refractivity contribution is -0.274. The van der Waals surface area contributed by atoms with Crippen molar-refractivity contribution in [1.82, 2.24) is 5.16 Å². The van der Waals surface area contributed by atoms with Crippen LogP contribution in [0.4, 0.5) is 18.9 Å². The monoisotopic (exact) mass is 568 g/mol. The van der Waals surface area contributed by atoms with Crippen LogP contribution in [0.1, 0.15) is 74.2 Å². The molecule has 0 radical (unpaired) electrons. The summed E-state index contributed by atoms with van der Waals surface area (Å²) < 4.78 is 55.7. The van der Waals surface area contributed by atoms with E-state index in [1.807, 2.05) is 12.1 Å². The van der Waals surface area contributed by atoms with Gasteiger partial charge in [-0.25, -0.2) is 0 Å². The number of ether oxygens (including phenoxy) is 2. The Balaban J connectivity index is 1.07. The van der Waals surface area contributed by atoms with Crippen molar-refractivity contribution in [2.45, 2.75) is 93.9 Å². The first-order chi connectivity index (χ1) is 19.7. The number of fused-ring (bicyclic) bond motifs is 2. The zero-order chi connectivity index (χ0) is 28.4. The van der Waals surface area contributed by atoms with Gasteiger partial charge in [-0.3, -0.25) is 4.79 Å². The lowest BCUT2D eigenvalue weighted by Crippen LogP contribution is -2.45. The zero-order valence-corrected chi connectivity index (χ0v) is 22.4. The van der Waals surface area contributed by atoms with E-state index >= 15 is 0 Å². The third kappa shape index (κ3) is 4.96. The number of anilines is 1. The van der Waals surface area contributed by atoms with Crippen LogP contribution in [0.3, 0.4) is 0 Å². The van der Waals surface area contributed by atoms with Gasteiger partial charge in [-0.2, -0.15) is 0 Å². The highest BCUT2D eigenvalue weighted by Crippen LogP contribution is 2.50. The number of rotatable bonds is 9. The second-order valence-electron chi connectivity index (χ2n) is 11.8. The maximum Gasteiger partial charge on any atom is 0.573 e. The summed E-state index contributed by atoms with van der Waals surface area (Å²) in [4.78, 5) is 14.2. The minimum atomic E-state index is -4.82. The second kappa shape index (κ2) is 9.79. The first-order valence-corrected chi connectivity index (χ1v) is 14.3. The fourth-order valence-corrected chi connectivity index (χ4v) is 6.80. The van der Waals surface area contributed by atoms with Gasteiger partial charge in [-0.15, -0.1) is 13.2 Å². The fourth-order valence-electron chi connectivity index (χ4n) is 6.80. The highest BCUT2D eigenvalue weighted by Gasteiger charge is 2.52. The van der Waals surface area contributed by atoms with Gasteiger partial charge in [0.05, 0.1) is 18.1 Å². The van der Waals surface area contributed by atoms with Crippen molar-refractivity contribution in [3.63, 3.8) is 0 Å². The zero-order valence-electron chi connectivity index (χ0n) is 22.4. The number of carboxylic acid groups (broad SMARTS) is 1. The number of carboxylic acids is 1. The Kier molecular flexibility index (Phi) is 6.30. The topological polar surface area (TPSA) is 85.0 Å². The summed E-state index contributed by atoms with van der Waals surface area (Å²) in [6, 6.07) is 14.6. The molecule has 10 heteroatoms. The van der Waals surface area contributed by atoms with Crippen molar-refractivity contribution in [2.75, 3.05) is 4.90 Å². The highest BCUT2D eigenvalue weighted by atomic mass is 19.4. The molecule has 3 atom stereocenters. The van der Waals surface area contributed by atoms with E-state index in [0.717, 1.165) is 49.8 Å². The highest BCUT2D eigenvalue weighted by molar-refractivity contribution is 5.85. The molecular weight excluding hydrogens is 537 g/mol. The van der Waals surface area contributed by atoms with Crippen LogP contribution in [-0.4, -0.2) is 40.8 Å². The molecule has 2 aliphatic heterocycles. The smallest absolute Gasteiger partial charge is 0.481 e. The van der Waals surface area contributed by atoms with Crippen molar-refractivity contribution >= 4 is 11.7 Å². The van der Waals surface area contributed by atoms with E-state index in [9.17, 15) is 23.1 Å². The molecule has 0 spiro atoms. The standard InChI is InChI=1S/C31H31F3N2O5/c32-31(33,34)40-26-4-2-1-3-24(26)27-25(28(41-35-27)18-5-6-18)17-39-23-15-21-11-12-22(16-23)36(21)20-9-7-19(8-10-20)30(13-14-30)29(37)38/h1-4,7-10,18,21-23H,5-6,11-17H2,(H,37,38)/t21-,22+,23?. The van der Waals surface area contributed by atoms with Gasteiger partial charge in [0.1, 0.15) is 17.2 Å². The summed E-state index contributed by atoms with van der Waals surface area (Å²) >= 11 is 0. The third-order valence-corrected chi connectivity index (χ3v) is 9.17. The number of piperidine rings is 1. The van der Waals surface area contributed by atoms with E-state index in [1.54, 1.807) is 12.1 Å². The number of alkyl halides is 3. The molecule has 2 bridgehead atoms. The van der Waals surface area contributed by atoms with E-state index in [2.05, 4.69) is 26.9 Å². The molecule has 216 valence electrons. The predicted molar refractivity (Wildman–Crippen MR) is 143 cm³/mol. The van der Waals surface area contributed by atoms with Gasteiger partial charge in [0.15, 0.2) is 0 Å². The molecule has 7 rings (SSSR count). The molecule has 1 unspecified atom stereocenters. The maximum absolute atomic E-state index is 13.1. The Morgan fingerprint density at radius 1 is 1.02 bits per heavy atom. The maximum atomic E-state index is 13.1. The average Bonchev–Trinajstić information content (AvgIpc) is 3.87. The average molecular weight is 569 g/mol. The second-order valence-corrected chi connectivity index (χ2v) is 11.8. The van der Waals surface area contributed by atoms with E-state index in [4.69, 9.17) is 9.26 Å². The molecule has 1 N–H and O–H groups in total. The van der Waals surface area contributed by atoms with Gasteiger partial charge < -0.3 is 24.0 Å². The SMILES string of the molecule is O=C(O)C1(c2ccc(N3[C@@H]4CC[C@H]3CC(OCc3c(-c5ccccc5OC(F)(F)F)noc3C3CC3)C4)cc2)CC1. The molecule has 0 amide bonds. The Bertz CT molecular complexity index is 1430. The quantitative estimate of drug-likeness (QED) is 0.299. The van der Waals surface area contributed by atoms with Crippen molar-refractivity contribution < 1.29 is 37.1 Å². The Hall–Kier alpha value is -3.53. The summed E-state index contributed by atoms with van der Waals surface area (Å²) in [5, 5.41) is 13.8. The number of para-hydroxylation sites is 1. The number of nitrogens with zero attached hydrogens (tertiary/aromatic N) is 2. The number of carbonyl (C=O) groups is 1. The van der Waals surface area contributed by atoms with Gasteiger partial charge in [0.2, 0.25) is 0 Å². The lowest BCUT2D eigenvalue weighted by Gasteiger charge is -2.40. The van der Waals surface area contributed by atoms with Gasteiger partial charge in [-0.1, -0.05) is 29.4 Å². The molecular formula is C31H31F3N2O5. The molecule has 7 nitrogen and oxygen atoms in total. The first-order valence-electron chi connectivity index (χ1n) is 14.3. The fraction of sp³-hybridized carbons (Fsp3) is 0.484. The van der Waals surface area contributed by atoms with Crippen LogP contribution in [0.25, 0.3) is 11.3 Å². The van der Waals surface area contributed by atoms with Crippen molar-refractivity contribution in [1.29, 1.82) is 0 Å². The number of hydrogen-bond acceptors (Lipinski definition) is 6. The number of halogens is 3. The van der Waals surface area contributed by atoms with Crippen LogP contribution in [0.15, 0.2) is 53.1 Å².